The summed E-state index contributed by atoms with van der Waals surface area (Å²) in [5.74, 6) is -0.354. The highest BCUT2D eigenvalue weighted by molar-refractivity contribution is 7.11. The molecule has 25 heavy (non-hydrogen) atoms. The van der Waals surface area contributed by atoms with Crippen molar-refractivity contribution in [3.05, 3.63) is 74.9 Å². The molecule has 0 radical (unpaired) electrons. The average molecular weight is 390 g/mol. The van der Waals surface area contributed by atoms with Crippen molar-refractivity contribution in [1.29, 1.82) is 5.26 Å². The van der Waals surface area contributed by atoms with E-state index in [2.05, 4.69) is 16.4 Å². The number of benzene rings is 2. The van der Waals surface area contributed by atoms with Gasteiger partial charge in [-0.25, -0.2) is 9.37 Å². The first kappa shape index (κ1) is 17.4. The maximum Gasteiger partial charge on any atom is 0.136 e. The number of nitrogens with zero attached hydrogens (tertiary/aromatic N) is 2. The molecule has 3 aromatic rings. The number of rotatable bonds is 4. The summed E-state index contributed by atoms with van der Waals surface area (Å²) < 4.78 is 13.2. The monoisotopic (exact) mass is 389 g/mol. The Kier molecular flexibility index (Phi) is 5.34. The molecule has 0 fully saturated rings. The van der Waals surface area contributed by atoms with Gasteiger partial charge in [0.05, 0.1) is 15.7 Å². The number of nitrogens with one attached hydrogen (secondary N) is 1. The first-order valence-corrected chi connectivity index (χ1v) is 8.74. The van der Waals surface area contributed by atoms with Crippen LogP contribution in [0.1, 0.15) is 5.01 Å². The first-order valence-electron chi connectivity index (χ1n) is 7.10. The highest BCUT2D eigenvalue weighted by Crippen LogP contribution is 2.30. The standard InChI is InChI=1S/C18H10Cl2FN3S/c19-15-5-4-11(6-16(15)20)17-10-25-18(24-17)12(8-22)9-23-14-3-1-2-13(21)7-14/h1-7,9-10,23H/b12-9-. The van der Waals surface area contributed by atoms with Crippen LogP contribution in [0.5, 0.6) is 0 Å². The van der Waals surface area contributed by atoms with Crippen LogP contribution in [-0.4, -0.2) is 4.98 Å². The maximum absolute atomic E-state index is 13.2. The molecule has 2 aromatic carbocycles. The van der Waals surface area contributed by atoms with Gasteiger partial charge in [0, 0.05) is 22.8 Å². The molecule has 3 rings (SSSR count). The van der Waals surface area contributed by atoms with Gasteiger partial charge < -0.3 is 5.32 Å². The third-order valence-electron chi connectivity index (χ3n) is 3.28. The minimum atomic E-state index is -0.354. The van der Waals surface area contributed by atoms with Crippen LogP contribution in [0.15, 0.2) is 54.0 Å². The summed E-state index contributed by atoms with van der Waals surface area (Å²) in [7, 11) is 0. The molecule has 1 aromatic heterocycles. The first-order chi connectivity index (χ1) is 12.1. The smallest absolute Gasteiger partial charge is 0.136 e. The summed E-state index contributed by atoms with van der Waals surface area (Å²) in [5, 5.41) is 15.6. The van der Waals surface area contributed by atoms with E-state index in [4.69, 9.17) is 23.2 Å². The second-order valence-electron chi connectivity index (χ2n) is 4.99. The molecule has 0 spiro atoms. The molecule has 0 unspecified atom stereocenters. The summed E-state index contributed by atoms with van der Waals surface area (Å²) >= 11 is 13.3. The lowest BCUT2D eigenvalue weighted by Crippen LogP contribution is -1.91. The predicted molar refractivity (Wildman–Crippen MR) is 101 cm³/mol. The van der Waals surface area contributed by atoms with Crippen molar-refractivity contribution < 1.29 is 4.39 Å². The van der Waals surface area contributed by atoms with Crippen LogP contribution < -0.4 is 5.32 Å². The number of hydrogen-bond donors (Lipinski definition) is 1. The van der Waals surface area contributed by atoms with Crippen LogP contribution in [0, 0.1) is 17.1 Å². The largest absolute Gasteiger partial charge is 0.360 e. The molecule has 1 N–H and O–H groups in total. The van der Waals surface area contributed by atoms with Gasteiger partial charge in [0.1, 0.15) is 22.5 Å². The number of thiazole rings is 1. The Balaban J connectivity index is 1.85. The zero-order chi connectivity index (χ0) is 17.8. The lowest BCUT2D eigenvalue weighted by atomic mass is 10.2. The van der Waals surface area contributed by atoms with Crippen molar-refractivity contribution >= 4 is 45.8 Å². The van der Waals surface area contributed by atoms with Crippen LogP contribution in [0.4, 0.5) is 10.1 Å². The molecule has 0 saturated carbocycles. The molecular weight excluding hydrogens is 380 g/mol. The topological polar surface area (TPSA) is 48.7 Å². The van der Waals surface area contributed by atoms with Crippen molar-refractivity contribution in [2.45, 2.75) is 0 Å². The van der Waals surface area contributed by atoms with Crippen LogP contribution >= 0.6 is 34.5 Å². The van der Waals surface area contributed by atoms with Crippen LogP contribution in [0.25, 0.3) is 16.8 Å². The van der Waals surface area contributed by atoms with E-state index in [1.807, 2.05) is 11.4 Å². The van der Waals surface area contributed by atoms with Crippen molar-refractivity contribution in [3.63, 3.8) is 0 Å². The van der Waals surface area contributed by atoms with Gasteiger partial charge in [-0.1, -0.05) is 35.3 Å². The van der Waals surface area contributed by atoms with Gasteiger partial charge in [0.2, 0.25) is 0 Å². The average Bonchev–Trinajstić information content (AvgIpc) is 3.08. The third-order valence-corrected chi connectivity index (χ3v) is 4.89. The molecule has 0 aliphatic heterocycles. The molecule has 0 saturated heterocycles. The van der Waals surface area contributed by atoms with Gasteiger partial charge in [-0.05, 0) is 30.3 Å². The quantitative estimate of drug-likeness (QED) is 0.537. The zero-order valence-corrected chi connectivity index (χ0v) is 15.0. The molecule has 1 heterocycles. The van der Waals surface area contributed by atoms with E-state index in [0.29, 0.717) is 32.0 Å². The van der Waals surface area contributed by atoms with Gasteiger partial charge in [0.15, 0.2) is 0 Å². The maximum atomic E-state index is 13.2. The van der Waals surface area contributed by atoms with Gasteiger partial charge in [-0.15, -0.1) is 11.3 Å². The minimum absolute atomic E-state index is 0.348. The van der Waals surface area contributed by atoms with E-state index < -0.39 is 0 Å². The Morgan fingerprint density at radius 3 is 2.76 bits per heavy atom. The highest BCUT2D eigenvalue weighted by atomic mass is 35.5. The highest BCUT2D eigenvalue weighted by Gasteiger charge is 2.10. The number of anilines is 1. The summed E-state index contributed by atoms with van der Waals surface area (Å²) in [4.78, 5) is 4.46. The number of halogens is 3. The number of aromatic nitrogens is 1. The molecule has 0 aliphatic rings. The fourth-order valence-corrected chi connectivity index (χ4v) is 3.15. The summed E-state index contributed by atoms with van der Waals surface area (Å²) in [6.07, 6.45) is 1.51. The predicted octanol–water partition coefficient (Wildman–Crippen LogP) is 6.23. The van der Waals surface area contributed by atoms with E-state index in [1.54, 1.807) is 24.3 Å². The van der Waals surface area contributed by atoms with Crippen LogP contribution in [0.3, 0.4) is 0 Å². The Morgan fingerprint density at radius 2 is 2.04 bits per heavy atom. The van der Waals surface area contributed by atoms with E-state index in [9.17, 15) is 9.65 Å². The van der Waals surface area contributed by atoms with E-state index in [1.165, 1.54) is 29.7 Å². The van der Waals surface area contributed by atoms with Gasteiger partial charge in [0.25, 0.3) is 0 Å². The number of hydrogen-bond acceptors (Lipinski definition) is 4. The summed E-state index contributed by atoms with van der Waals surface area (Å²) in [6, 6.07) is 13.3. The lowest BCUT2D eigenvalue weighted by molar-refractivity contribution is 0.628. The summed E-state index contributed by atoms with van der Waals surface area (Å²) in [5.41, 5.74) is 2.41. The minimum Gasteiger partial charge on any atom is -0.360 e. The van der Waals surface area contributed by atoms with Gasteiger partial charge >= 0.3 is 0 Å². The second-order valence-corrected chi connectivity index (χ2v) is 6.66. The molecule has 0 amide bonds. The summed E-state index contributed by atoms with van der Waals surface area (Å²) in [6.45, 7) is 0. The zero-order valence-electron chi connectivity index (χ0n) is 12.6. The molecule has 0 atom stereocenters. The van der Waals surface area contributed by atoms with Crippen molar-refractivity contribution in [1.82, 2.24) is 4.98 Å². The fourth-order valence-electron chi connectivity index (χ4n) is 2.06. The Morgan fingerprint density at radius 1 is 1.20 bits per heavy atom. The van der Waals surface area contributed by atoms with Gasteiger partial charge in [-0.2, -0.15) is 5.26 Å². The lowest BCUT2D eigenvalue weighted by Gasteiger charge is -2.01. The van der Waals surface area contributed by atoms with Crippen molar-refractivity contribution in [2.24, 2.45) is 0 Å². The third kappa shape index (κ3) is 4.18. The van der Waals surface area contributed by atoms with E-state index in [-0.39, 0.29) is 5.82 Å². The van der Waals surface area contributed by atoms with Crippen LogP contribution in [0.2, 0.25) is 10.0 Å². The normalized spacial score (nSPS) is 11.2. The fraction of sp³-hybridized carbons (Fsp3) is 0. The molecule has 7 heteroatoms. The number of nitriles is 1. The van der Waals surface area contributed by atoms with E-state index in [0.717, 1.165) is 5.56 Å². The number of allylic oxidation sites excluding steroid dienone is 1. The Hall–Kier alpha value is -2.39. The second kappa shape index (κ2) is 7.66. The molecule has 124 valence electrons. The van der Waals surface area contributed by atoms with Gasteiger partial charge in [-0.3, -0.25) is 0 Å². The molecule has 0 aliphatic carbocycles. The van der Waals surface area contributed by atoms with Crippen LogP contribution in [-0.2, 0) is 0 Å². The Labute approximate surface area is 158 Å². The van der Waals surface area contributed by atoms with E-state index >= 15 is 0 Å². The molecule has 0 bridgehead atoms. The Bertz CT molecular complexity index is 992. The molecular formula is C18H10Cl2FN3S. The molecule has 3 nitrogen and oxygen atoms in total. The van der Waals surface area contributed by atoms with Crippen molar-refractivity contribution in [3.8, 4) is 17.3 Å². The van der Waals surface area contributed by atoms with Crippen molar-refractivity contribution in [2.75, 3.05) is 5.32 Å². The SMILES string of the molecule is N#C/C(=C/Nc1cccc(F)c1)c1nc(-c2ccc(Cl)c(Cl)c2)cs1.